The van der Waals surface area contributed by atoms with Gasteiger partial charge in [0.25, 0.3) is 0 Å². The van der Waals surface area contributed by atoms with Crippen molar-refractivity contribution in [1.82, 2.24) is 9.80 Å². The first-order valence-corrected chi connectivity index (χ1v) is 8.63. The molecule has 2 amide bonds. The molecule has 0 N–H and O–H groups in total. The van der Waals surface area contributed by atoms with E-state index in [9.17, 15) is 9.59 Å². The molecule has 1 aliphatic heterocycles. The lowest BCUT2D eigenvalue weighted by Crippen LogP contribution is -2.38. The van der Waals surface area contributed by atoms with Gasteiger partial charge >= 0.3 is 0 Å². The lowest BCUT2D eigenvalue weighted by atomic mass is 10.1. The third-order valence-corrected chi connectivity index (χ3v) is 4.26. The van der Waals surface area contributed by atoms with Crippen molar-refractivity contribution in [1.29, 1.82) is 0 Å². The lowest BCUT2D eigenvalue weighted by Gasteiger charge is -2.23. The Labute approximate surface area is 143 Å². The maximum Gasteiger partial charge on any atom is 0.227 e. The van der Waals surface area contributed by atoms with Gasteiger partial charge in [0.15, 0.2) is 0 Å². The minimum atomic E-state index is 0.102. The van der Waals surface area contributed by atoms with E-state index in [1.807, 2.05) is 28.0 Å². The summed E-state index contributed by atoms with van der Waals surface area (Å²) in [7, 11) is 0. The van der Waals surface area contributed by atoms with Gasteiger partial charge < -0.3 is 9.80 Å². The molecule has 0 aromatic heterocycles. The number of halogens is 1. The van der Waals surface area contributed by atoms with Gasteiger partial charge in [0, 0.05) is 37.6 Å². The fraction of sp³-hybridized carbons (Fsp3) is 0.556. The molecule has 0 bridgehead atoms. The predicted octanol–water partition coefficient (Wildman–Crippen LogP) is 2.99. The molecule has 0 radical (unpaired) electrons. The molecule has 126 valence electrons. The SMILES string of the molecule is CC(C)CC(=O)N1CCCN(C(=O)Cc2cccc(Cl)c2)CC1. The molecule has 0 unspecified atom stereocenters. The number of hydrogen-bond donors (Lipinski definition) is 0. The Bertz CT molecular complexity index is 560. The molecule has 1 aromatic carbocycles. The number of benzene rings is 1. The van der Waals surface area contributed by atoms with E-state index in [1.165, 1.54) is 0 Å². The van der Waals surface area contributed by atoms with Crippen LogP contribution < -0.4 is 0 Å². The van der Waals surface area contributed by atoms with E-state index in [0.29, 0.717) is 43.4 Å². The van der Waals surface area contributed by atoms with Crippen molar-refractivity contribution in [2.24, 2.45) is 5.92 Å². The molecule has 1 aromatic rings. The summed E-state index contributed by atoms with van der Waals surface area (Å²) >= 11 is 5.97. The van der Waals surface area contributed by atoms with E-state index >= 15 is 0 Å². The Kier molecular flexibility index (Phi) is 6.46. The fourth-order valence-corrected chi connectivity index (χ4v) is 3.04. The second-order valence-corrected chi connectivity index (χ2v) is 6.96. The van der Waals surface area contributed by atoms with Crippen LogP contribution in [0.2, 0.25) is 5.02 Å². The molecular formula is C18H25ClN2O2. The smallest absolute Gasteiger partial charge is 0.227 e. The fourth-order valence-electron chi connectivity index (χ4n) is 2.83. The summed E-state index contributed by atoms with van der Waals surface area (Å²) < 4.78 is 0. The van der Waals surface area contributed by atoms with Gasteiger partial charge in [0.2, 0.25) is 11.8 Å². The second-order valence-electron chi connectivity index (χ2n) is 6.52. The molecule has 4 nitrogen and oxygen atoms in total. The first-order valence-electron chi connectivity index (χ1n) is 8.25. The molecule has 0 aliphatic carbocycles. The van der Waals surface area contributed by atoms with Gasteiger partial charge in [-0.1, -0.05) is 37.6 Å². The van der Waals surface area contributed by atoms with Gasteiger partial charge in [0.1, 0.15) is 0 Å². The van der Waals surface area contributed by atoms with Crippen molar-refractivity contribution in [3.05, 3.63) is 34.9 Å². The van der Waals surface area contributed by atoms with Crippen LogP contribution in [0.1, 0.15) is 32.3 Å². The average molecular weight is 337 g/mol. The third-order valence-electron chi connectivity index (χ3n) is 4.03. The standard InChI is InChI=1S/C18H25ClN2O2/c1-14(2)11-17(22)20-7-4-8-21(10-9-20)18(23)13-15-5-3-6-16(19)12-15/h3,5-6,12,14H,4,7-11,13H2,1-2H3. The van der Waals surface area contributed by atoms with Crippen molar-refractivity contribution in [2.45, 2.75) is 33.1 Å². The highest BCUT2D eigenvalue weighted by Gasteiger charge is 2.22. The van der Waals surface area contributed by atoms with E-state index in [0.717, 1.165) is 18.5 Å². The number of rotatable bonds is 4. The van der Waals surface area contributed by atoms with Crippen LogP contribution in [0.4, 0.5) is 0 Å². The quantitative estimate of drug-likeness (QED) is 0.848. The molecule has 5 heteroatoms. The topological polar surface area (TPSA) is 40.6 Å². The van der Waals surface area contributed by atoms with Crippen molar-refractivity contribution in [3.8, 4) is 0 Å². The highest BCUT2D eigenvalue weighted by molar-refractivity contribution is 6.30. The van der Waals surface area contributed by atoms with Crippen LogP contribution in [-0.4, -0.2) is 47.8 Å². The Morgan fingerprint density at radius 3 is 2.35 bits per heavy atom. The Balaban J connectivity index is 1.89. The zero-order chi connectivity index (χ0) is 16.8. The second kappa shape index (κ2) is 8.34. The van der Waals surface area contributed by atoms with Crippen LogP contribution in [0.25, 0.3) is 0 Å². The first kappa shape index (κ1) is 17.8. The van der Waals surface area contributed by atoms with Crippen molar-refractivity contribution in [2.75, 3.05) is 26.2 Å². The molecule has 1 saturated heterocycles. The molecule has 2 rings (SSSR count). The zero-order valence-corrected chi connectivity index (χ0v) is 14.7. The monoisotopic (exact) mass is 336 g/mol. The minimum Gasteiger partial charge on any atom is -0.341 e. The van der Waals surface area contributed by atoms with E-state index in [2.05, 4.69) is 13.8 Å². The molecule has 0 saturated carbocycles. The van der Waals surface area contributed by atoms with Crippen LogP contribution in [0.5, 0.6) is 0 Å². The van der Waals surface area contributed by atoms with E-state index < -0.39 is 0 Å². The summed E-state index contributed by atoms with van der Waals surface area (Å²) in [6, 6.07) is 7.41. The summed E-state index contributed by atoms with van der Waals surface area (Å²) in [4.78, 5) is 28.4. The van der Waals surface area contributed by atoms with E-state index in [-0.39, 0.29) is 11.8 Å². The number of carbonyl (C=O) groups excluding carboxylic acids is 2. The molecule has 1 fully saturated rings. The van der Waals surface area contributed by atoms with E-state index in [1.54, 1.807) is 6.07 Å². The Morgan fingerprint density at radius 1 is 1.09 bits per heavy atom. The third kappa shape index (κ3) is 5.54. The number of hydrogen-bond acceptors (Lipinski definition) is 2. The normalized spacial score (nSPS) is 15.7. The van der Waals surface area contributed by atoms with Crippen molar-refractivity contribution < 1.29 is 9.59 Å². The molecule has 23 heavy (non-hydrogen) atoms. The molecule has 1 aliphatic rings. The molecule has 0 spiro atoms. The average Bonchev–Trinajstić information content (AvgIpc) is 2.72. The molecule has 1 heterocycles. The highest BCUT2D eigenvalue weighted by Crippen LogP contribution is 2.13. The highest BCUT2D eigenvalue weighted by atomic mass is 35.5. The summed E-state index contributed by atoms with van der Waals surface area (Å²) in [6.07, 6.45) is 1.78. The van der Waals surface area contributed by atoms with Crippen LogP contribution >= 0.6 is 11.6 Å². The van der Waals surface area contributed by atoms with Gasteiger partial charge in [-0.2, -0.15) is 0 Å². The summed E-state index contributed by atoms with van der Waals surface area (Å²) in [5.74, 6) is 0.667. The van der Waals surface area contributed by atoms with Gasteiger partial charge in [-0.3, -0.25) is 9.59 Å². The minimum absolute atomic E-state index is 0.102. The van der Waals surface area contributed by atoms with Gasteiger partial charge in [-0.25, -0.2) is 0 Å². The van der Waals surface area contributed by atoms with Gasteiger partial charge in [-0.15, -0.1) is 0 Å². The number of carbonyl (C=O) groups is 2. The Morgan fingerprint density at radius 2 is 1.74 bits per heavy atom. The summed E-state index contributed by atoms with van der Waals surface area (Å²) in [5, 5.41) is 0.650. The number of nitrogens with zero attached hydrogens (tertiary/aromatic N) is 2. The predicted molar refractivity (Wildman–Crippen MR) is 92.4 cm³/mol. The Hall–Kier alpha value is -1.55. The maximum absolute atomic E-state index is 12.5. The largest absolute Gasteiger partial charge is 0.341 e. The first-order chi connectivity index (χ1) is 11.0. The maximum atomic E-state index is 12.5. The van der Waals surface area contributed by atoms with Crippen molar-refractivity contribution in [3.63, 3.8) is 0 Å². The zero-order valence-electron chi connectivity index (χ0n) is 13.9. The van der Waals surface area contributed by atoms with Gasteiger partial charge in [0.05, 0.1) is 6.42 Å². The van der Waals surface area contributed by atoms with Crippen LogP contribution in [0, 0.1) is 5.92 Å². The van der Waals surface area contributed by atoms with Crippen LogP contribution in [0.3, 0.4) is 0 Å². The number of amides is 2. The lowest BCUT2D eigenvalue weighted by molar-refractivity contribution is -0.133. The summed E-state index contributed by atoms with van der Waals surface area (Å²) in [6.45, 7) is 6.81. The summed E-state index contributed by atoms with van der Waals surface area (Å²) in [5.41, 5.74) is 0.930. The van der Waals surface area contributed by atoms with Gasteiger partial charge in [-0.05, 0) is 30.0 Å². The van der Waals surface area contributed by atoms with Crippen LogP contribution in [-0.2, 0) is 16.0 Å². The van der Waals surface area contributed by atoms with Crippen molar-refractivity contribution >= 4 is 23.4 Å². The molecule has 0 atom stereocenters. The van der Waals surface area contributed by atoms with E-state index in [4.69, 9.17) is 11.6 Å². The van der Waals surface area contributed by atoms with Crippen LogP contribution in [0.15, 0.2) is 24.3 Å². The molecular weight excluding hydrogens is 312 g/mol.